The summed E-state index contributed by atoms with van der Waals surface area (Å²) in [6, 6.07) is 53.8. The van der Waals surface area contributed by atoms with Gasteiger partial charge < -0.3 is 13.4 Å². The quantitative estimate of drug-likeness (QED) is 0.189. The van der Waals surface area contributed by atoms with E-state index in [2.05, 4.69) is 83.4 Å². The first-order valence-corrected chi connectivity index (χ1v) is 16.9. The third-order valence-corrected chi connectivity index (χ3v) is 9.86. The molecule has 0 N–H and O–H groups in total. The molecule has 0 spiro atoms. The first-order valence-electron chi connectivity index (χ1n) is 16.9. The maximum atomic E-state index is 6.74. The van der Waals surface area contributed by atoms with Crippen molar-refractivity contribution in [2.45, 2.75) is 0 Å². The summed E-state index contributed by atoms with van der Waals surface area (Å²) in [5.41, 5.74) is 8.99. The van der Waals surface area contributed by atoms with Crippen LogP contribution in [0.3, 0.4) is 0 Å². The lowest BCUT2D eigenvalue weighted by Crippen LogP contribution is -2.00. The second-order valence-electron chi connectivity index (χ2n) is 12.8. The van der Waals surface area contributed by atoms with Gasteiger partial charge >= 0.3 is 0 Å². The van der Waals surface area contributed by atoms with Gasteiger partial charge in [-0.1, -0.05) is 121 Å². The normalized spacial score (nSPS) is 11.9. The van der Waals surface area contributed by atoms with Crippen molar-refractivity contribution in [3.05, 3.63) is 158 Å². The van der Waals surface area contributed by atoms with Gasteiger partial charge in [0, 0.05) is 49.5 Å². The van der Waals surface area contributed by atoms with E-state index in [9.17, 15) is 0 Å². The largest absolute Gasteiger partial charge is 0.455 e. The summed E-state index contributed by atoms with van der Waals surface area (Å²) >= 11 is 0. The van der Waals surface area contributed by atoms with E-state index in [0.717, 1.165) is 77.3 Å². The number of para-hydroxylation sites is 4. The van der Waals surface area contributed by atoms with Gasteiger partial charge in [0.1, 0.15) is 16.7 Å². The molecule has 4 aromatic heterocycles. The second-order valence-corrected chi connectivity index (χ2v) is 12.8. The summed E-state index contributed by atoms with van der Waals surface area (Å²) in [6.45, 7) is 0. The number of hydrogen-bond acceptors (Lipinski definition) is 5. The molecule has 11 rings (SSSR count). The number of fused-ring (bicyclic) bond motifs is 9. The van der Waals surface area contributed by atoms with Crippen molar-refractivity contribution in [2.24, 2.45) is 0 Å². The first-order chi connectivity index (χ1) is 25.3. The Kier molecular flexibility index (Phi) is 5.86. The van der Waals surface area contributed by atoms with Gasteiger partial charge in [-0.05, 0) is 30.3 Å². The fraction of sp³-hybridized carbons (Fsp3) is 0. The number of aromatic nitrogens is 4. The predicted octanol–water partition coefficient (Wildman–Crippen LogP) is 11.8. The minimum absolute atomic E-state index is 0.553. The minimum atomic E-state index is 0.553. The van der Waals surface area contributed by atoms with Crippen molar-refractivity contribution >= 4 is 65.7 Å². The van der Waals surface area contributed by atoms with Crippen LogP contribution in [0.15, 0.2) is 167 Å². The zero-order valence-electron chi connectivity index (χ0n) is 27.1. The summed E-state index contributed by atoms with van der Waals surface area (Å²) in [6.07, 6.45) is 0. The number of benzene rings is 7. The zero-order chi connectivity index (χ0) is 33.5. The highest BCUT2D eigenvalue weighted by molar-refractivity contribution is 6.18. The topological polar surface area (TPSA) is 69.9 Å². The van der Waals surface area contributed by atoms with Crippen molar-refractivity contribution in [3.8, 4) is 39.9 Å². The van der Waals surface area contributed by atoms with E-state index in [1.807, 2.05) is 78.9 Å². The Labute approximate surface area is 290 Å². The van der Waals surface area contributed by atoms with Crippen LogP contribution in [0.4, 0.5) is 0 Å². The molecule has 0 fully saturated rings. The molecule has 7 aromatic carbocycles. The molecule has 0 saturated carbocycles. The summed E-state index contributed by atoms with van der Waals surface area (Å²) < 4.78 is 15.7. The van der Waals surface area contributed by atoms with E-state index in [0.29, 0.717) is 17.5 Å². The minimum Gasteiger partial charge on any atom is -0.455 e. The van der Waals surface area contributed by atoms with Crippen LogP contribution in [0.1, 0.15) is 0 Å². The highest BCUT2D eigenvalue weighted by Gasteiger charge is 2.21. The Morgan fingerprint density at radius 1 is 0.373 bits per heavy atom. The van der Waals surface area contributed by atoms with Crippen molar-refractivity contribution < 1.29 is 8.83 Å². The number of furan rings is 2. The van der Waals surface area contributed by atoms with E-state index in [-0.39, 0.29) is 0 Å². The smallest absolute Gasteiger partial charge is 0.167 e. The lowest BCUT2D eigenvalue weighted by Gasteiger charge is -2.08. The summed E-state index contributed by atoms with van der Waals surface area (Å²) in [5.74, 6) is 1.77. The van der Waals surface area contributed by atoms with Gasteiger partial charge in [-0.25, -0.2) is 15.0 Å². The van der Waals surface area contributed by atoms with Gasteiger partial charge in [0.05, 0.1) is 22.3 Å². The lowest BCUT2D eigenvalue weighted by atomic mass is 10.1. The van der Waals surface area contributed by atoms with E-state index in [1.54, 1.807) is 0 Å². The predicted molar refractivity (Wildman–Crippen MR) is 205 cm³/mol. The molecule has 238 valence electrons. The second kappa shape index (κ2) is 10.7. The van der Waals surface area contributed by atoms with Crippen molar-refractivity contribution in [3.63, 3.8) is 0 Å². The maximum absolute atomic E-state index is 6.74. The molecule has 0 atom stereocenters. The Hall–Kier alpha value is -7.05. The van der Waals surface area contributed by atoms with Gasteiger partial charge in [0.25, 0.3) is 0 Å². The number of nitrogens with zero attached hydrogens (tertiary/aromatic N) is 4. The summed E-state index contributed by atoms with van der Waals surface area (Å²) in [5, 5.41) is 6.50. The molecule has 0 radical (unpaired) electrons. The molecule has 11 aromatic rings. The third kappa shape index (κ3) is 4.20. The van der Waals surface area contributed by atoms with Gasteiger partial charge in [0.2, 0.25) is 0 Å². The van der Waals surface area contributed by atoms with Gasteiger partial charge in [-0.15, -0.1) is 0 Å². The lowest BCUT2D eigenvalue weighted by molar-refractivity contribution is 0.655. The first kappa shape index (κ1) is 27.9. The van der Waals surface area contributed by atoms with Crippen molar-refractivity contribution in [1.29, 1.82) is 0 Å². The average Bonchev–Trinajstić information content (AvgIpc) is 3.86. The number of hydrogen-bond donors (Lipinski definition) is 0. The van der Waals surface area contributed by atoms with E-state index >= 15 is 0 Å². The Morgan fingerprint density at radius 2 is 0.863 bits per heavy atom. The molecule has 0 aliphatic heterocycles. The molecule has 0 saturated heterocycles. The SMILES string of the molecule is c1ccc(-c2nc(-c3ccccc3)nc(-c3cccc4c3oc3cc5oc6c(-n7c8ccccc8c8ccccc87)cccc6c5cc34)n2)cc1. The van der Waals surface area contributed by atoms with Crippen LogP contribution in [0.2, 0.25) is 0 Å². The standard InChI is InChI=1S/C45H26N4O2/c1-3-13-27(14-4-1)43-46-44(28-15-5-2-6-16-28)48-45(47-43)33-21-11-19-31-34-25-35-32-20-12-24-38(42(32)51-40(35)26-39(34)50-41(31)33)49-36-22-9-7-17-29(36)30-18-8-10-23-37(30)49/h1-26H. The molecule has 0 aliphatic rings. The zero-order valence-corrected chi connectivity index (χ0v) is 27.1. The Morgan fingerprint density at radius 3 is 1.49 bits per heavy atom. The highest BCUT2D eigenvalue weighted by Crippen LogP contribution is 2.42. The molecule has 6 heteroatoms. The monoisotopic (exact) mass is 654 g/mol. The van der Waals surface area contributed by atoms with Crippen LogP contribution < -0.4 is 0 Å². The number of rotatable bonds is 4. The summed E-state index contributed by atoms with van der Waals surface area (Å²) in [7, 11) is 0. The molecule has 6 nitrogen and oxygen atoms in total. The molecule has 51 heavy (non-hydrogen) atoms. The maximum Gasteiger partial charge on any atom is 0.167 e. The summed E-state index contributed by atoms with van der Waals surface area (Å²) in [4.78, 5) is 14.8. The van der Waals surface area contributed by atoms with Crippen molar-refractivity contribution in [1.82, 2.24) is 19.5 Å². The third-order valence-electron chi connectivity index (χ3n) is 9.86. The molecule has 4 heterocycles. The van der Waals surface area contributed by atoms with Crippen molar-refractivity contribution in [2.75, 3.05) is 0 Å². The molecular weight excluding hydrogens is 629 g/mol. The van der Waals surface area contributed by atoms with Crippen LogP contribution in [-0.2, 0) is 0 Å². The fourth-order valence-corrected chi connectivity index (χ4v) is 7.54. The molecular formula is C45H26N4O2. The Balaban J connectivity index is 1.12. The Bertz CT molecular complexity index is 3030. The van der Waals surface area contributed by atoms with Crippen LogP contribution in [0.25, 0.3) is 106 Å². The fourth-order valence-electron chi connectivity index (χ4n) is 7.54. The average molecular weight is 655 g/mol. The molecule has 0 amide bonds. The van der Waals surface area contributed by atoms with Gasteiger partial charge in [-0.3, -0.25) is 0 Å². The van der Waals surface area contributed by atoms with Crippen LogP contribution in [0.5, 0.6) is 0 Å². The van der Waals surface area contributed by atoms with Crippen LogP contribution in [0, 0.1) is 0 Å². The van der Waals surface area contributed by atoms with Crippen LogP contribution in [-0.4, -0.2) is 19.5 Å². The molecule has 0 bridgehead atoms. The van der Waals surface area contributed by atoms with Crippen LogP contribution >= 0.6 is 0 Å². The van der Waals surface area contributed by atoms with E-state index in [1.165, 1.54) is 10.8 Å². The van der Waals surface area contributed by atoms with Gasteiger partial charge in [-0.2, -0.15) is 0 Å². The van der Waals surface area contributed by atoms with Gasteiger partial charge in [0.15, 0.2) is 23.1 Å². The van der Waals surface area contributed by atoms with E-state index < -0.39 is 0 Å². The highest BCUT2D eigenvalue weighted by atomic mass is 16.3. The molecule has 0 unspecified atom stereocenters. The molecule has 0 aliphatic carbocycles. The van der Waals surface area contributed by atoms with E-state index in [4.69, 9.17) is 23.8 Å².